The molecule has 2 rings (SSSR count). The van der Waals surface area contributed by atoms with Gasteiger partial charge in [0, 0.05) is 12.0 Å². The monoisotopic (exact) mass is 354 g/mol. The summed E-state index contributed by atoms with van der Waals surface area (Å²) >= 11 is 0. The van der Waals surface area contributed by atoms with Crippen molar-refractivity contribution in [3.05, 3.63) is 82.1 Å². The minimum absolute atomic E-state index is 0.0589. The van der Waals surface area contributed by atoms with Crippen LogP contribution in [0.2, 0.25) is 0 Å². The lowest BCUT2D eigenvalue weighted by molar-refractivity contribution is -0.136. The van der Waals surface area contributed by atoms with Gasteiger partial charge in [-0.3, -0.25) is 4.79 Å². The van der Waals surface area contributed by atoms with E-state index in [1.807, 2.05) is 0 Å². The summed E-state index contributed by atoms with van der Waals surface area (Å²) in [6.07, 6.45) is 8.55. The number of esters is 1. The number of ether oxygens (including phenoxy) is 2. The summed E-state index contributed by atoms with van der Waals surface area (Å²) in [7, 11) is 2.74. The van der Waals surface area contributed by atoms with Crippen molar-refractivity contribution >= 4 is 11.9 Å². The molecule has 1 N–H and O–H groups in total. The van der Waals surface area contributed by atoms with Crippen LogP contribution in [0.5, 0.6) is 5.75 Å². The highest BCUT2D eigenvalue weighted by Crippen LogP contribution is 2.16. The summed E-state index contributed by atoms with van der Waals surface area (Å²) in [4.78, 5) is 35.2. The van der Waals surface area contributed by atoms with Crippen LogP contribution in [0.15, 0.2) is 76.8 Å². The molecule has 0 saturated carbocycles. The van der Waals surface area contributed by atoms with Gasteiger partial charge >= 0.3 is 5.97 Å². The van der Waals surface area contributed by atoms with Crippen molar-refractivity contribution in [1.29, 1.82) is 0 Å². The molecule has 1 amide bonds. The molecule has 0 unspecified atom stereocenters. The number of nitrogens with zero attached hydrogens (tertiary/aromatic N) is 1. The second kappa shape index (κ2) is 9.12. The Kier molecular flexibility index (Phi) is 6.61. The van der Waals surface area contributed by atoms with E-state index in [0.717, 1.165) is 0 Å². The largest absolute Gasteiger partial charge is 0.497 e. The van der Waals surface area contributed by atoms with Crippen molar-refractivity contribution < 1.29 is 19.1 Å². The summed E-state index contributed by atoms with van der Waals surface area (Å²) in [5.41, 5.74) is 1.13. The van der Waals surface area contributed by atoms with E-state index >= 15 is 0 Å². The molecule has 134 valence electrons. The van der Waals surface area contributed by atoms with E-state index in [9.17, 15) is 14.5 Å². The first-order chi connectivity index (χ1) is 12.6. The maximum Gasteiger partial charge on any atom is 0.354 e. The van der Waals surface area contributed by atoms with E-state index in [4.69, 9.17) is 9.47 Å². The second-order valence-corrected chi connectivity index (χ2v) is 5.26. The number of carbonyl (C=O) groups excluding carboxylic acids is 2. The predicted molar refractivity (Wildman–Crippen MR) is 96.3 cm³/mol. The molecule has 7 nitrogen and oxygen atoms in total. The summed E-state index contributed by atoms with van der Waals surface area (Å²) in [5.74, 6) is -0.582. The molecule has 0 bridgehead atoms. The first-order valence-electron chi connectivity index (χ1n) is 7.73. The Balaban J connectivity index is 2.28. The molecular weight excluding hydrogens is 336 g/mol. The molecule has 0 aromatic heterocycles. The van der Waals surface area contributed by atoms with Crippen molar-refractivity contribution in [3.8, 4) is 5.75 Å². The number of methoxy groups -OCH3 is 2. The van der Waals surface area contributed by atoms with Gasteiger partial charge < -0.3 is 14.8 Å². The topological polar surface area (TPSA) is 94.1 Å². The molecule has 0 fully saturated rings. The highest BCUT2D eigenvalue weighted by molar-refractivity contribution is 6.01. The van der Waals surface area contributed by atoms with Crippen molar-refractivity contribution in [1.82, 2.24) is 5.32 Å². The zero-order chi connectivity index (χ0) is 18.9. The molecule has 0 aliphatic heterocycles. The van der Waals surface area contributed by atoms with Crippen LogP contribution >= 0.6 is 0 Å². The molecule has 26 heavy (non-hydrogen) atoms. The molecular formula is C19H18N2O5. The van der Waals surface area contributed by atoms with Crippen molar-refractivity contribution in [2.45, 2.75) is 6.42 Å². The molecule has 1 aliphatic carbocycles. The average Bonchev–Trinajstić information content (AvgIpc) is 2.91. The van der Waals surface area contributed by atoms with Crippen LogP contribution < -0.4 is 10.1 Å². The first-order valence-corrected chi connectivity index (χ1v) is 7.73. The zero-order valence-corrected chi connectivity index (χ0v) is 14.4. The van der Waals surface area contributed by atoms with Gasteiger partial charge in [-0.2, -0.15) is 0 Å². The Hall–Kier alpha value is -3.48. The van der Waals surface area contributed by atoms with E-state index in [-0.39, 0.29) is 5.70 Å². The zero-order valence-electron chi connectivity index (χ0n) is 14.4. The minimum atomic E-state index is -0.713. The summed E-state index contributed by atoms with van der Waals surface area (Å²) in [6.45, 7) is 0. The molecule has 0 heterocycles. The Morgan fingerprint density at radius 2 is 1.92 bits per heavy atom. The summed E-state index contributed by atoms with van der Waals surface area (Å²) in [6, 6.07) is 6.43. The van der Waals surface area contributed by atoms with Crippen molar-refractivity contribution in [3.63, 3.8) is 0 Å². The lowest BCUT2D eigenvalue weighted by Gasteiger charge is -2.09. The third-order valence-corrected chi connectivity index (χ3v) is 3.52. The van der Waals surface area contributed by atoms with Gasteiger partial charge in [-0.15, -0.1) is 4.91 Å². The Morgan fingerprint density at radius 1 is 1.19 bits per heavy atom. The quantitative estimate of drug-likeness (QED) is 0.481. The highest BCUT2D eigenvalue weighted by Gasteiger charge is 2.15. The number of rotatable bonds is 6. The van der Waals surface area contributed by atoms with E-state index in [2.05, 4.69) is 10.5 Å². The normalized spacial score (nSPS) is 13.8. The van der Waals surface area contributed by atoms with Crippen LogP contribution in [0, 0.1) is 4.91 Å². The van der Waals surface area contributed by atoms with E-state index in [1.54, 1.807) is 42.5 Å². The highest BCUT2D eigenvalue weighted by atomic mass is 16.5. The number of nitrogens with one attached hydrogen (secondary N) is 1. The van der Waals surface area contributed by atoms with Gasteiger partial charge in [-0.25, -0.2) is 4.79 Å². The van der Waals surface area contributed by atoms with Gasteiger partial charge in [0.2, 0.25) is 0 Å². The van der Waals surface area contributed by atoms with Crippen LogP contribution in [0.1, 0.15) is 16.8 Å². The number of benzene rings is 1. The van der Waals surface area contributed by atoms with Gasteiger partial charge in [-0.05, 0) is 47.2 Å². The third-order valence-electron chi connectivity index (χ3n) is 3.52. The molecule has 1 aromatic carbocycles. The second-order valence-electron chi connectivity index (χ2n) is 5.26. The third kappa shape index (κ3) is 5.01. The maximum absolute atomic E-state index is 12.4. The number of carbonyl (C=O) groups is 2. The van der Waals surface area contributed by atoms with Crippen molar-refractivity contribution in [2.75, 3.05) is 14.2 Å². The molecule has 0 atom stereocenters. The standard InChI is InChI=1S/C19H18N2O5/c1-25-16-9-7-14(8-10-16)18(22)20-17(19(23)26-2)12-13-5-3-4-6-15(11-13)21-24/h3-5,7-12H,6H2,1-2H3,(H,20,22)/b17-12-. The summed E-state index contributed by atoms with van der Waals surface area (Å²) in [5, 5.41) is 5.46. The minimum Gasteiger partial charge on any atom is -0.497 e. The van der Waals surface area contributed by atoms with Gasteiger partial charge in [0.05, 0.1) is 19.9 Å². The van der Waals surface area contributed by atoms with Crippen LogP contribution in [-0.2, 0) is 9.53 Å². The molecule has 1 aliphatic rings. The lowest BCUT2D eigenvalue weighted by atomic mass is 10.1. The van der Waals surface area contributed by atoms with Gasteiger partial charge in [0.25, 0.3) is 5.91 Å². The van der Waals surface area contributed by atoms with E-state index < -0.39 is 11.9 Å². The van der Waals surface area contributed by atoms with Crippen LogP contribution in [0.25, 0.3) is 0 Å². The Labute approximate surface area is 150 Å². The Morgan fingerprint density at radius 3 is 2.54 bits per heavy atom. The first kappa shape index (κ1) is 18.9. The molecule has 1 aromatic rings. The fourth-order valence-electron chi connectivity index (χ4n) is 2.18. The number of nitroso groups, excluding NO2 is 1. The summed E-state index contributed by atoms with van der Waals surface area (Å²) < 4.78 is 9.77. The Bertz CT molecular complexity index is 817. The van der Waals surface area contributed by atoms with Crippen LogP contribution in [0.3, 0.4) is 0 Å². The van der Waals surface area contributed by atoms with E-state index in [1.165, 1.54) is 26.4 Å². The van der Waals surface area contributed by atoms with Crippen LogP contribution in [-0.4, -0.2) is 26.1 Å². The fourth-order valence-corrected chi connectivity index (χ4v) is 2.18. The lowest BCUT2D eigenvalue weighted by Crippen LogP contribution is -2.28. The van der Waals surface area contributed by atoms with Gasteiger partial charge in [0.1, 0.15) is 11.4 Å². The predicted octanol–water partition coefficient (Wildman–Crippen LogP) is 3.02. The fraction of sp³-hybridized carbons (Fsp3) is 0.158. The maximum atomic E-state index is 12.4. The number of hydrogen-bond acceptors (Lipinski definition) is 6. The van der Waals surface area contributed by atoms with E-state index in [0.29, 0.717) is 29.0 Å². The average molecular weight is 354 g/mol. The number of amides is 1. The SMILES string of the molecule is COC(=O)/C(=C/C1=CC=CCC(N=O)=C1)NC(=O)c1ccc(OC)cc1. The number of allylic oxidation sites excluding steroid dienone is 6. The molecule has 0 saturated heterocycles. The van der Waals surface area contributed by atoms with Gasteiger partial charge in [0.15, 0.2) is 0 Å². The smallest absolute Gasteiger partial charge is 0.354 e. The number of hydrogen-bond donors (Lipinski definition) is 1. The molecule has 0 radical (unpaired) electrons. The molecule has 7 heteroatoms. The van der Waals surface area contributed by atoms with Gasteiger partial charge in [-0.1, -0.05) is 18.2 Å². The van der Waals surface area contributed by atoms with Crippen molar-refractivity contribution in [2.24, 2.45) is 5.18 Å². The van der Waals surface area contributed by atoms with Crippen LogP contribution in [0.4, 0.5) is 0 Å². The molecule has 0 spiro atoms.